The van der Waals surface area contributed by atoms with Crippen molar-refractivity contribution in [2.24, 2.45) is 0 Å². The van der Waals surface area contributed by atoms with Crippen molar-refractivity contribution in [1.29, 1.82) is 0 Å². The van der Waals surface area contributed by atoms with Crippen LogP contribution in [0.1, 0.15) is 21.5 Å². The van der Waals surface area contributed by atoms with Crippen molar-refractivity contribution in [2.45, 2.75) is 13.8 Å². The van der Waals surface area contributed by atoms with Crippen LogP contribution < -0.4 is 0 Å². The Bertz CT molecular complexity index is 433. The van der Waals surface area contributed by atoms with Gasteiger partial charge in [-0.3, -0.25) is 9.69 Å². The molecule has 4 heteroatoms. The molecule has 1 heterocycles. The predicted octanol–water partition coefficient (Wildman–Crippen LogP) is 2.46. The maximum atomic E-state index is 12.5. The van der Waals surface area contributed by atoms with Gasteiger partial charge in [-0.25, -0.2) is 0 Å². The number of rotatable bonds is 3. The minimum Gasteiger partial charge on any atom is -0.336 e. The van der Waals surface area contributed by atoms with E-state index in [1.807, 2.05) is 30.9 Å². The quantitative estimate of drug-likeness (QED) is 0.797. The Kier molecular flexibility index (Phi) is 4.99. The molecule has 104 valence electrons. The number of carbonyl (C=O) groups excluding carboxylic acids is 1. The molecule has 0 radical (unpaired) electrons. The first-order valence-electron chi connectivity index (χ1n) is 6.76. The van der Waals surface area contributed by atoms with Gasteiger partial charge in [0.1, 0.15) is 0 Å². The summed E-state index contributed by atoms with van der Waals surface area (Å²) in [4.78, 5) is 16.8. The number of carbonyl (C=O) groups is 1. The largest absolute Gasteiger partial charge is 0.336 e. The highest BCUT2D eigenvalue weighted by Crippen LogP contribution is 2.13. The number of hydrogen-bond acceptors (Lipinski definition) is 2. The molecule has 1 aliphatic heterocycles. The molecule has 1 saturated heterocycles. The van der Waals surface area contributed by atoms with Gasteiger partial charge in [-0.2, -0.15) is 0 Å². The molecule has 2 rings (SSSR count). The van der Waals surface area contributed by atoms with E-state index < -0.39 is 0 Å². The highest BCUT2D eigenvalue weighted by atomic mass is 79.9. The number of aryl methyl sites for hydroxylation is 2. The van der Waals surface area contributed by atoms with Crippen LogP contribution in [-0.4, -0.2) is 53.8 Å². The SMILES string of the molecule is Cc1cc(C)cc(C(=O)N2CCN(CCBr)CC2)c1. The minimum atomic E-state index is 0.172. The Morgan fingerprint density at radius 2 is 1.68 bits per heavy atom. The Balaban J connectivity index is 2.01. The monoisotopic (exact) mass is 324 g/mol. The molecule has 1 aliphatic rings. The van der Waals surface area contributed by atoms with E-state index >= 15 is 0 Å². The lowest BCUT2D eigenvalue weighted by atomic mass is 10.1. The summed E-state index contributed by atoms with van der Waals surface area (Å²) in [6, 6.07) is 6.07. The number of amides is 1. The van der Waals surface area contributed by atoms with Gasteiger partial charge in [0.25, 0.3) is 5.91 Å². The fourth-order valence-electron chi connectivity index (χ4n) is 2.57. The predicted molar refractivity (Wildman–Crippen MR) is 82.1 cm³/mol. The maximum Gasteiger partial charge on any atom is 0.253 e. The van der Waals surface area contributed by atoms with Crippen LogP contribution in [0.2, 0.25) is 0 Å². The lowest BCUT2D eigenvalue weighted by Crippen LogP contribution is -2.49. The fourth-order valence-corrected chi connectivity index (χ4v) is 3.08. The van der Waals surface area contributed by atoms with Crippen LogP contribution in [-0.2, 0) is 0 Å². The zero-order chi connectivity index (χ0) is 13.8. The molecule has 0 atom stereocenters. The molecule has 0 saturated carbocycles. The molecule has 0 aromatic heterocycles. The van der Waals surface area contributed by atoms with Crippen LogP contribution >= 0.6 is 15.9 Å². The Hall–Kier alpha value is -0.870. The topological polar surface area (TPSA) is 23.6 Å². The third-order valence-electron chi connectivity index (χ3n) is 3.53. The average Bonchev–Trinajstić information content (AvgIpc) is 2.38. The third kappa shape index (κ3) is 3.80. The van der Waals surface area contributed by atoms with Gasteiger partial charge in [0, 0.05) is 43.6 Å². The molecule has 1 aromatic rings. The van der Waals surface area contributed by atoms with Crippen LogP contribution in [0.4, 0.5) is 0 Å². The lowest BCUT2D eigenvalue weighted by Gasteiger charge is -2.34. The molecule has 0 aliphatic carbocycles. The van der Waals surface area contributed by atoms with Crippen LogP contribution in [0.15, 0.2) is 18.2 Å². The van der Waals surface area contributed by atoms with Gasteiger partial charge in [0.15, 0.2) is 0 Å². The molecule has 19 heavy (non-hydrogen) atoms. The van der Waals surface area contributed by atoms with Crippen LogP contribution in [0.5, 0.6) is 0 Å². The molecule has 1 aromatic carbocycles. The first-order valence-corrected chi connectivity index (χ1v) is 7.88. The maximum absolute atomic E-state index is 12.5. The van der Waals surface area contributed by atoms with E-state index in [0.717, 1.165) is 54.7 Å². The van der Waals surface area contributed by atoms with E-state index in [2.05, 4.69) is 26.9 Å². The first-order chi connectivity index (χ1) is 9.10. The van der Waals surface area contributed by atoms with Crippen LogP contribution in [0.25, 0.3) is 0 Å². The summed E-state index contributed by atoms with van der Waals surface area (Å²) in [5.74, 6) is 0.172. The molecule has 1 amide bonds. The number of halogens is 1. The van der Waals surface area contributed by atoms with Gasteiger partial charge in [0.2, 0.25) is 0 Å². The molecule has 1 fully saturated rings. The number of benzene rings is 1. The number of alkyl halides is 1. The number of piperazine rings is 1. The Morgan fingerprint density at radius 3 is 2.21 bits per heavy atom. The van der Waals surface area contributed by atoms with E-state index in [-0.39, 0.29) is 5.91 Å². The number of hydrogen-bond donors (Lipinski definition) is 0. The second kappa shape index (κ2) is 6.53. The lowest BCUT2D eigenvalue weighted by molar-refractivity contribution is 0.0645. The second-order valence-electron chi connectivity index (χ2n) is 5.20. The van der Waals surface area contributed by atoms with Crippen molar-refractivity contribution in [2.75, 3.05) is 38.1 Å². The summed E-state index contributed by atoms with van der Waals surface area (Å²) in [5, 5.41) is 0.998. The second-order valence-corrected chi connectivity index (χ2v) is 5.99. The fraction of sp³-hybridized carbons (Fsp3) is 0.533. The minimum absolute atomic E-state index is 0.172. The summed E-state index contributed by atoms with van der Waals surface area (Å²) >= 11 is 3.46. The molecular weight excluding hydrogens is 304 g/mol. The highest BCUT2D eigenvalue weighted by molar-refractivity contribution is 9.09. The van der Waals surface area contributed by atoms with Crippen molar-refractivity contribution in [3.8, 4) is 0 Å². The molecule has 3 nitrogen and oxygen atoms in total. The van der Waals surface area contributed by atoms with Gasteiger partial charge in [0.05, 0.1) is 0 Å². The van der Waals surface area contributed by atoms with Crippen molar-refractivity contribution in [3.05, 3.63) is 34.9 Å². The molecular formula is C15H21BrN2O. The number of nitrogens with zero attached hydrogens (tertiary/aromatic N) is 2. The van der Waals surface area contributed by atoms with Crippen molar-refractivity contribution < 1.29 is 4.79 Å². The molecule has 0 N–H and O–H groups in total. The van der Waals surface area contributed by atoms with Gasteiger partial charge < -0.3 is 4.90 Å². The summed E-state index contributed by atoms with van der Waals surface area (Å²) in [6.45, 7) is 8.75. The zero-order valence-corrected chi connectivity index (χ0v) is 13.2. The van der Waals surface area contributed by atoms with E-state index in [1.54, 1.807) is 0 Å². The van der Waals surface area contributed by atoms with E-state index in [0.29, 0.717) is 0 Å². The normalized spacial score (nSPS) is 16.7. The third-order valence-corrected chi connectivity index (χ3v) is 3.88. The first kappa shape index (κ1) is 14.5. The van der Waals surface area contributed by atoms with Crippen LogP contribution in [0, 0.1) is 13.8 Å². The Labute approximate surface area is 123 Å². The van der Waals surface area contributed by atoms with Gasteiger partial charge >= 0.3 is 0 Å². The van der Waals surface area contributed by atoms with Crippen molar-refractivity contribution in [1.82, 2.24) is 9.80 Å². The summed E-state index contributed by atoms with van der Waals surface area (Å²) in [5.41, 5.74) is 3.13. The molecule has 0 spiro atoms. The zero-order valence-electron chi connectivity index (χ0n) is 11.7. The Morgan fingerprint density at radius 1 is 1.11 bits per heavy atom. The van der Waals surface area contributed by atoms with Gasteiger partial charge in [-0.15, -0.1) is 0 Å². The molecule has 0 bridgehead atoms. The summed E-state index contributed by atoms with van der Waals surface area (Å²) < 4.78 is 0. The summed E-state index contributed by atoms with van der Waals surface area (Å²) in [7, 11) is 0. The molecule has 0 unspecified atom stereocenters. The van der Waals surface area contributed by atoms with Crippen molar-refractivity contribution >= 4 is 21.8 Å². The van der Waals surface area contributed by atoms with E-state index in [9.17, 15) is 4.79 Å². The van der Waals surface area contributed by atoms with Crippen molar-refractivity contribution in [3.63, 3.8) is 0 Å². The van der Waals surface area contributed by atoms with E-state index in [1.165, 1.54) is 0 Å². The smallest absolute Gasteiger partial charge is 0.253 e. The van der Waals surface area contributed by atoms with Gasteiger partial charge in [-0.05, 0) is 26.0 Å². The van der Waals surface area contributed by atoms with Gasteiger partial charge in [-0.1, -0.05) is 33.1 Å². The highest BCUT2D eigenvalue weighted by Gasteiger charge is 2.21. The standard InChI is InChI=1S/C15H21BrN2O/c1-12-9-13(2)11-14(10-12)15(19)18-7-5-17(4-3-16)6-8-18/h9-11H,3-8H2,1-2H3. The average molecular weight is 325 g/mol. The van der Waals surface area contributed by atoms with E-state index in [4.69, 9.17) is 0 Å². The van der Waals surface area contributed by atoms with Crippen LogP contribution in [0.3, 0.4) is 0 Å². The summed E-state index contributed by atoms with van der Waals surface area (Å²) in [6.07, 6.45) is 0.